The highest BCUT2D eigenvalue weighted by molar-refractivity contribution is 6.31. The summed E-state index contributed by atoms with van der Waals surface area (Å²) < 4.78 is 27.4. The van der Waals surface area contributed by atoms with Gasteiger partial charge in [0.2, 0.25) is 0 Å². The maximum absolute atomic E-state index is 13.0. The first kappa shape index (κ1) is 12.9. The molecule has 0 radical (unpaired) electrons. The molecule has 0 atom stereocenters. The molecule has 8 heteroatoms. The number of alkyl halides is 2. The van der Waals surface area contributed by atoms with Crippen LogP contribution in [0.1, 0.15) is 17.7 Å². The molecule has 0 unspecified atom stereocenters. The number of nitrogen functional groups attached to an aromatic ring is 1. The summed E-state index contributed by atoms with van der Waals surface area (Å²) in [6, 6.07) is 5.15. The Morgan fingerprint density at radius 1 is 1.40 bits per heavy atom. The highest BCUT2D eigenvalue weighted by Crippen LogP contribution is 2.31. The number of H-pyrrole nitrogens is 1. The third kappa shape index (κ3) is 1.82. The lowest BCUT2D eigenvalue weighted by Gasteiger charge is -2.04. The van der Waals surface area contributed by atoms with Crippen LogP contribution in [0.15, 0.2) is 18.2 Å². The summed E-state index contributed by atoms with van der Waals surface area (Å²) in [5.41, 5.74) is 6.91. The Morgan fingerprint density at radius 2 is 2.15 bits per heavy atom. The third-order valence-corrected chi connectivity index (χ3v) is 3.45. The number of aromatic amines is 1. The predicted molar refractivity (Wildman–Crippen MR) is 72.3 cm³/mol. The van der Waals surface area contributed by atoms with E-state index in [9.17, 15) is 8.78 Å². The van der Waals surface area contributed by atoms with E-state index in [1.54, 1.807) is 18.2 Å². The smallest absolute Gasteiger partial charge is 0.282 e. The van der Waals surface area contributed by atoms with E-state index in [4.69, 9.17) is 17.3 Å². The molecular weight excluding hydrogens is 288 g/mol. The van der Waals surface area contributed by atoms with E-state index in [1.807, 2.05) is 6.92 Å². The third-order valence-electron chi connectivity index (χ3n) is 3.05. The van der Waals surface area contributed by atoms with Crippen molar-refractivity contribution in [3.05, 3.63) is 34.5 Å². The summed E-state index contributed by atoms with van der Waals surface area (Å²) >= 11 is 6.05. The molecule has 104 valence electrons. The zero-order valence-corrected chi connectivity index (χ0v) is 11.1. The minimum absolute atomic E-state index is 0.0692. The van der Waals surface area contributed by atoms with Crippen LogP contribution < -0.4 is 5.73 Å². The summed E-state index contributed by atoms with van der Waals surface area (Å²) in [6.45, 7) is 1.85. The van der Waals surface area contributed by atoms with E-state index in [2.05, 4.69) is 15.3 Å². The molecule has 0 spiro atoms. The Kier molecular flexibility index (Phi) is 2.86. The number of hydrogen-bond donors (Lipinski definition) is 2. The molecular formula is C12H10ClF2N5. The number of anilines is 1. The Bertz CT molecular complexity index is 793. The Labute approximate surface area is 117 Å². The van der Waals surface area contributed by atoms with Gasteiger partial charge < -0.3 is 5.73 Å². The van der Waals surface area contributed by atoms with Crippen LogP contribution in [0.3, 0.4) is 0 Å². The summed E-state index contributed by atoms with van der Waals surface area (Å²) in [7, 11) is 0. The van der Waals surface area contributed by atoms with Crippen LogP contribution >= 0.6 is 11.6 Å². The van der Waals surface area contributed by atoms with Crippen molar-refractivity contribution in [3.8, 4) is 5.69 Å². The van der Waals surface area contributed by atoms with E-state index in [-0.39, 0.29) is 16.9 Å². The molecule has 2 aromatic heterocycles. The van der Waals surface area contributed by atoms with Crippen LogP contribution in [-0.2, 0) is 0 Å². The van der Waals surface area contributed by atoms with Crippen LogP contribution in [0, 0.1) is 6.92 Å². The fourth-order valence-corrected chi connectivity index (χ4v) is 2.18. The zero-order chi connectivity index (χ0) is 14.4. The first-order valence-corrected chi connectivity index (χ1v) is 6.14. The fraction of sp³-hybridized carbons (Fsp3) is 0.167. The highest BCUT2D eigenvalue weighted by atomic mass is 35.5. The highest BCUT2D eigenvalue weighted by Gasteiger charge is 2.23. The average molecular weight is 298 g/mol. The van der Waals surface area contributed by atoms with Gasteiger partial charge in [0, 0.05) is 5.02 Å². The summed E-state index contributed by atoms with van der Waals surface area (Å²) in [5, 5.41) is 11.0. The number of benzene rings is 1. The van der Waals surface area contributed by atoms with Gasteiger partial charge in [-0.25, -0.2) is 13.5 Å². The molecule has 0 bridgehead atoms. The van der Waals surface area contributed by atoms with Crippen LogP contribution in [0.5, 0.6) is 0 Å². The lowest BCUT2D eigenvalue weighted by Crippen LogP contribution is -1.99. The zero-order valence-electron chi connectivity index (χ0n) is 10.4. The molecule has 3 N–H and O–H groups in total. The molecule has 3 aromatic rings. The quantitative estimate of drug-likeness (QED) is 0.763. The molecule has 0 saturated heterocycles. The molecule has 0 aliphatic rings. The van der Waals surface area contributed by atoms with Gasteiger partial charge in [-0.15, -0.1) is 0 Å². The molecule has 0 saturated carbocycles. The molecule has 0 amide bonds. The van der Waals surface area contributed by atoms with Gasteiger partial charge in [0.25, 0.3) is 6.43 Å². The summed E-state index contributed by atoms with van der Waals surface area (Å²) in [4.78, 5) is 0. The van der Waals surface area contributed by atoms with Crippen molar-refractivity contribution in [2.24, 2.45) is 0 Å². The second-order valence-electron chi connectivity index (χ2n) is 4.37. The van der Waals surface area contributed by atoms with E-state index >= 15 is 0 Å². The van der Waals surface area contributed by atoms with Crippen LogP contribution in [0.4, 0.5) is 14.6 Å². The predicted octanol–water partition coefficient (Wildman–Crippen LogP) is 3.23. The van der Waals surface area contributed by atoms with Gasteiger partial charge in [0.1, 0.15) is 11.5 Å². The first-order chi connectivity index (χ1) is 9.49. The molecule has 0 aliphatic heterocycles. The second-order valence-corrected chi connectivity index (χ2v) is 4.77. The number of halogens is 3. The number of nitrogens with one attached hydrogen (secondary N) is 1. The van der Waals surface area contributed by atoms with E-state index < -0.39 is 12.1 Å². The molecule has 0 fully saturated rings. The lowest BCUT2D eigenvalue weighted by molar-refractivity contribution is 0.147. The van der Waals surface area contributed by atoms with Crippen molar-refractivity contribution >= 4 is 28.5 Å². The number of aromatic nitrogens is 4. The number of aryl methyl sites for hydroxylation is 1. The molecule has 2 heterocycles. The normalized spacial score (nSPS) is 11.7. The maximum Gasteiger partial charge on any atom is 0.282 e. The molecule has 5 nitrogen and oxygen atoms in total. The Morgan fingerprint density at radius 3 is 2.80 bits per heavy atom. The van der Waals surface area contributed by atoms with Gasteiger partial charge in [0.05, 0.1) is 11.1 Å². The molecule has 20 heavy (non-hydrogen) atoms. The second kappa shape index (κ2) is 4.45. The number of hydrogen-bond acceptors (Lipinski definition) is 3. The SMILES string of the molecule is Cc1ccc(-n2nc(C(F)F)c3c(N)[nH]nc32)cc1Cl. The van der Waals surface area contributed by atoms with Crippen LogP contribution in [-0.4, -0.2) is 20.0 Å². The van der Waals surface area contributed by atoms with Crippen molar-refractivity contribution in [2.45, 2.75) is 13.3 Å². The van der Waals surface area contributed by atoms with E-state index in [0.717, 1.165) is 5.56 Å². The average Bonchev–Trinajstić information content (AvgIpc) is 2.94. The first-order valence-electron chi connectivity index (χ1n) is 5.76. The lowest BCUT2D eigenvalue weighted by atomic mass is 10.2. The molecule has 0 aliphatic carbocycles. The van der Waals surface area contributed by atoms with Gasteiger partial charge in [-0.3, -0.25) is 5.10 Å². The number of fused-ring (bicyclic) bond motifs is 1. The van der Waals surface area contributed by atoms with E-state index in [0.29, 0.717) is 10.7 Å². The number of rotatable bonds is 2. The maximum atomic E-state index is 13.0. The van der Waals surface area contributed by atoms with Gasteiger partial charge >= 0.3 is 0 Å². The fourth-order valence-electron chi connectivity index (χ4n) is 2.00. The topological polar surface area (TPSA) is 72.5 Å². The van der Waals surface area contributed by atoms with Crippen molar-refractivity contribution in [1.29, 1.82) is 0 Å². The van der Waals surface area contributed by atoms with Crippen LogP contribution in [0.25, 0.3) is 16.7 Å². The standard InChI is InChI=1S/C12H10ClF2N5/c1-5-2-3-6(4-7(5)13)20-12-8(11(16)17-18-12)9(19-20)10(14)15/h2-4,10H,1H3,(H3,16,17,18). The van der Waals surface area contributed by atoms with Crippen molar-refractivity contribution in [1.82, 2.24) is 20.0 Å². The number of nitrogens with two attached hydrogens (primary N) is 1. The minimum Gasteiger partial charge on any atom is -0.383 e. The summed E-state index contributed by atoms with van der Waals surface area (Å²) in [6.07, 6.45) is -2.74. The van der Waals surface area contributed by atoms with Gasteiger partial charge in [-0.1, -0.05) is 17.7 Å². The van der Waals surface area contributed by atoms with Gasteiger partial charge in [-0.2, -0.15) is 10.2 Å². The molecule has 3 rings (SSSR count). The van der Waals surface area contributed by atoms with Crippen molar-refractivity contribution in [3.63, 3.8) is 0 Å². The van der Waals surface area contributed by atoms with Crippen molar-refractivity contribution in [2.75, 3.05) is 5.73 Å². The van der Waals surface area contributed by atoms with Crippen LogP contribution in [0.2, 0.25) is 5.02 Å². The monoisotopic (exact) mass is 297 g/mol. The van der Waals surface area contributed by atoms with E-state index in [1.165, 1.54) is 4.68 Å². The Hall–Kier alpha value is -2.15. The number of nitrogens with zero attached hydrogens (tertiary/aromatic N) is 3. The Balaban J connectivity index is 2.28. The van der Waals surface area contributed by atoms with Gasteiger partial charge in [-0.05, 0) is 24.6 Å². The van der Waals surface area contributed by atoms with Gasteiger partial charge in [0.15, 0.2) is 5.65 Å². The van der Waals surface area contributed by atoms with Crippen molar-refractivity contribution < 1.29 is 8.78 Å². The summed E-state index contributed by atoms with van der Waals surface area (Å²) in [5.74, 6) is 0.0692. The largest absolute Gasteiger partial charge is 0.383 e. The minimum atomic E-state index is -2.74. The molecule has 1 aromatic carbocycles.